The largest absolute Gasteiger partial charge is 0.162 e. The molecule has 0 amide bonds. The predicted octanol–water partition coefficient (Wildman–Crippen LogP) is 2.82. The van der Waals surface area contributed by atoms with E-state index in [9.17, 15) is 0 Å². The maximum atomic E-state index is 5.86. The van der Waals surface area contributed by atoms with Crippen molar-refractivity contribution in [3.63, 3.8) is 0 Å². The van der Waals surface area contributed by atoms with Gasteiger partial charge in [0.05, 0.1) is 16.9 Å². The fourth-order valence-electron chi connectivity index (χ4n) is 1.73. The maximum Gasteiger partial charge on any atom is 0.0682 e. The molecule has 0 radical (unpaired) electrons. The summed E-state index contributed by atoms with van der Waals surface area (Å²) in [5.74, 6) is 3.36. The lowest BCUT2D eigenvalue weighted by Crippen LogP contribution is -2.13. The van der Waals surface area contributed by atoms with Crippen LogP contribution in [-0.2, 0) is 6.42 Å². The van der Waals surface area contributed by atoms with E-state index in [4.69, 9.17) is 11.6 Å². The highest BCUT2D eigenvalue weighted by Crippen LogP contribution is 2.25. The van der Waals surface area contributed by atoms with Crippen LogP contribution in [-0.4, -0.2) is 21.7 Å². The molecule has 2 rings (SSSR count). The van der Waals surface area contributed by atoms with E-state index < -0.39 is 0 Å². The summed E-state index contributed by atoms with van der Waals surface area (Å²) in [4.78, 5) is 0. The third kappa shape index (κ3) is 2.85. The van der Waals surface area contributed by atoms with Crippen LogP contribution in [0.15, 0.2) is 12.3 Å². The topological polar surface area (TPSA) is 25.8 Å². The summed E-state index contributed by atoms with van der Waals surface area (Å²) in [7, 11) is 0. The van der Waals surface area contributed by atoms with Gasteiger partial charge < -0.3 is 0 Å². The van der Waals surface area contributed by atoms with Gasteiger partial charge in [0.25, 0.3) is 0 Å². The predicted molar refractivity (Wildman–Crippen MR) is 60.8 cm³/mol. The zero-order valence-corrected chi connectivity index (χ0v) is 9.52. The van der Waals surface area contributed by atoms with Crippen LogP contribution in [0.5, 0.6) is 0 Å². The van der Waals surface area contributed by atoms with Gasteiger partial charge in [0.1, 0.15) is 0 Å². The minimum atomic E-state index is 0.695. The van der Waals surface area contributed by atoms with Crippen LogP contribution in [0.1, 0.15) is 18.5 Å². The molecule has 0 bridgehead atoms. The van der Waals surface area contributed by atoms with Crippen LogP contribution in [0.4, 0.5) is 0 Å². The molecule has 0 atom stereocenters. The maximum absolute atomic E-state index is 5.86. The number of nitrogens with zero attached hydrogens (tertiary/aromatic N) is 2. The molecule has 1 fully saturated rings. The number of thioether (sulfide) groups is 1. The van der Waals surface area contributed by atoms with Gasteiger partial charge in [0.15, 0.2) is 0 Å². The number of rotatable bonds is 2. The molecule has 1 aromatic heterocycles. The Morgan fingerprint density at radius 2 is 2.21 bits per heavy atom. The summed E-state index contributed by atoms with van der Waals surface area (Å²) < 4.78 is 0. The molecule has 0 aromatic carbocycles. The van der Waals surface area contributed by atoms with Gasteiger partial charge in [-0.2, -0.15) is 22.0 Å². The van der Waals surface area contributed by atoms with Crippen molar-refractivity contribution in [2.24, 2.45) is 5.92 Å². The van der Waals surface area contributed by atoms with Crippen molar-refractivity contribution in [2.45, 2.75) is 19.3 Å². The summed E-state index contributed by atoms with van der Waals surface area (Å²) >= 11 is 7.91. The fourth-order valence-corrected chi connectivity index (χ4v) is 3.10. The lowest BCUT2D eigenvalue weighted by Gasteiger charge is -2.20. The van der Waals surface area contributed by atoms with Crippen molar-refractivity contribution < 1.29 is 0 Å². The molecule has 14 heavy (non-hydrogen) atoms. The minimum absolute atomic E-state index is 0.695. The smallest absolute Gasteiger partial charge is 0.0682 e. The molecule has 1 aromatic rings. The molecule has 0 N–H and O–H groups in total. The molecule has 0 unspecified atom stereocenters. The highest BCUT2D eigenvalue weighted by atomic mass is 35.5. The Morgan fingerprint density at radius 1 is 1.43 bits per heavy atom. The number of halogens is 1. The standard InChI is InChI=1S/C10H13ClN2S/c11-9-6-10(13-12-7-9)5-8-1-3-14-4-2-8/h6-8H,1-5H2. The van der Waals surface area contributed by atoms with Crippen LogP contribution in [0, 0.1) is 5.92 Å². The van der Waals surface area contributed by atoms with E-state index in [2.05, 4.69) is 22.0 Å². The van der Waals surface area contributed by atoms with E-state index >= 15 is 0 Å². The Hall–Kier alpha value is -0.280. The fraction of sp³-hybridized carbons (Fsp3) is 0.600. The lowest BCUT2D eigenvalue weighted by molar-refractivity contribution is 0.480. The van der Waals surface area contributed by atoms with Gasteiger partial charge in [0, 0.05) is 0 Å². The second-order valence-electron chi connectivity index (χ2n) is 3.63. The number of aromatic nitrogens is 2. The first kappa shape index (κ1) is 10.2. The van der Waals surface area contributed by atoms with Crippen LogP contribution in [0.3, 0.4) is 0 Å². The number of hydrogen-bond donors (Lipinski definition) is 0. The molecule has 1 saturated heterocycles. The average Bonchev–Trinajstić information content (AvgIpc) is 2.19. The van der Waals surface area contributed by atoms with E-state index in [-0.39, 0.29) is 0 Å². The Balaban J connectivity index is 1.95. The first-order chi connectivity index (χ1) is 6.84. The van der Waals surface area contributed by atoms with Crippen molar-refractivity contribution >= 4 is 23.4 Å². The Bertz CT molecular complexity index is 300. The Morgan fingerprint density at radius 3 is 2.93 bits per heavy atom. The molecule has 4 heteroatoms. The van der Waals surface area contributed by atoms with E-state index in [1.54, 1.807) is 6.20 Å². The van der Waals surface area contributed by atoms with Crippen LogP contribution in [0.25, 0.3) is 0 Å². The molecule has 2 nitrogen and oxygen atoms in total. The van der Waals surface area contributed by atoms with Crippen LogP contribution >= 0.6 is 23.4 Å². The quantitative estimate of drug-likeness (QED) is 0.779. The van der Waals surface area contributed by atoms with Gasteiger partial charge in [0.2, 0.25) is 0 Å². The minimum Gasteiger partial charge on any atom is -0.162 e. The molecule has 1 aliphatic heterocycles. The third-order valence-corrected chi connectivity index (χ3v) is 3.77. The van der Waals surface area contributed by atoms with Gasteiger partial charge in [-0.15, -0.1) is 0 Å². The molecular formula is C10H13ClN2S. The Labute approximate surface area is 93.4 Å². The van der Waals surface area contributed by atoms with Crippen LogP contribution < -0.4 is 0 Å². The second-order valence-corrected chi connectivity index (χ2v) is 5.29. The van der Waals surface area contributed by atoms with E-state index in [0.717, 1.165) is 18.0 Å². The molecule has 0 spiro atoms. The summed E-state index contributed by atoms with van der Waals surface area (Å²) in [6.07, 6.45) is 5.23. The van der Waals surface area contributed by atoms with E-state index in [0.29, 0.717) is 5.02 Å². The van der Waals surface area contributed by atoms with Gasteiger partial charge in [-0.25, -0.2) is 0 Å². The first-order valence-corrected chi connectivity index (χ1v) is 6.43. The van der Waals surface area contributed by atoms with Gasteiger partial charge in [-0.1, -0.05) is 11.6 Å². The number of hydrogen-bond acceptors (Lipinski definition) is 3. The third-order valence-electron chi connectivity index (χ3n) is 2.51. The van der Waals surface area contributed by atoms with Crippen molar-refractivity contribution in [3.05, 3.63) is 23.0 Å². The van der Waals surface area contributed by atoms with Crippen molar-refractivity contribution in [1.82, 2.24) is 10.2 Å². The summed E-state index contributed by atoms with van der Waals surface area (Å²) in [5, 5.41) is 8.65. The SMILES string of the molecule is Clc1cnnc(CC2CCSCC2)c1. The second kappa shape index (κ2) is 4.99. The lowest BCUT2D eigenvalue weighted by atomic mass is 9.97. The van der Waals surface area contributed by atoms with Gasteiger partial charge in [-0.3, -0.25) is 0 Å². The molecule has 0 saturated carbocycles. The van der Waals surface area contributed by atoms with Gasteiger partial charge in [-0.05, 0) is 42.8 Å². The summed E-state index contributed by atoms with van der Waals surface area (Å²) in [6, 6.07) is 1.93. The molecule has 2 heterocycles. The normalized spacial score (nSPS) is 18.4. The van der Waals surface area contributed by atoms with Crippen molar-refractivity contribution in [2.75, 3.05) is 11.5 Å². The summed E-state index contributed by atoms with van der Waals surface area (Å²) in [6.45, 7) is 0. The molecular weight excluding hydrogens is 216 g/mol. The first-order valence-electron chi connectivity index (χ1n) is 4.89. The molecule has 76 valence electrons. The van der Waals surface area contributed by atoms with Crippen molar-refractivity contribution in [1.29, 1.82) is 0 Å². The molecule has 0 aliphatic carbocycles. The van der Waals surface area contributed by atoms with Gasteiger partial charge >= 0.3 is 0 Å². The zero-order valence-electron chi connectivity index (χ0n) is 7.95. The van der Waals surface area contributed by atoms with E-state index in [1.807, 2.05) is 6.07 Å². The monoisotopic (exact) mass is 228 g/mol. The van der Waals surface area contributed by atoms with Crippen molar-refractivity contribution in [3.8, 4) is 0 Å². The summed E-state index contributed by atoms with van der Waals surface area (Å²) in [5.41, 5.74) is 1.04. The average molecular weight is 229 g/mol. The molecule has 1 aliphatic rings. The highest BCUT2D eigenvalue weighted by molar-refractivity contribution is 7.99. The zero-order chi connectivity index (χ0) is 9.80. The highest BCUT2D eigenvalue weighted by Gasteiger charge is 2.14. The van der Waals surface area contributed by atoms with Crippen LogP contribution in [0.2, 0.25) is 5.02 Å². The Kier molecular flexibility index (Phi) is 3.65. The van der Waals surface area contributed by atoms with E-state index in [1.165, 1.54) is 24.3 Å².